The molecule has 1 unspecified atom stereocenters. The van der Waals surface area contributed by atoms with Crippen LogP contribution in [0.2, 0.25) is 0 Å². The Morgan fingerprint density at radius 2 is 1.67 bits per heavy atom. The molecule has 0 fully saturated rings. The van der Waals surface area contributed by atoms with Crippen LogP contribution in [0.3, 0.4) is 0 Å². The lowest BCUT2D eigenvalue weighted by Gasteiger charge is -2.21. The van der Waals surface area contributed by atoms with E-state index in [1.807, 2.05) is 0 Å². The van der Waals surface area contributed by atoms with Crippen molar-refractivity contribution in [2.75, 3.05) is 11.1 Å². The Morgan fingerprint density at radius 1 is 1.03 bits per heavy atom. The van der Waals surface area contributed by atoms with Crippen molar-refractivity contribution in [3.8, 4) is 0 Å². The van der Waals surface area contributed by atoms with Crippen molar-refractivity contribution in [3.05, 3.63) is 59.9 Å². The van der Waals surface area contributed by atoms with Gasteiger partial charge in [-0.1, -0.05) is 12.1 Å². The number of carbonyl (C=O) groups is 4. The summed E-state index contributed by atoms with van der Waals surface area (Å²) in [5.41, 5.74) is 0.0876. The molecule has 4 amide bonds. The summed E-state index contributed by atoms with van der Waals surface area (Å²) in [6.45, 7) is 6.63. The second-order valence-corrected chi connectivity index (χ2v) is 9.10. The Labute approximate surface area is 195 Å². The van der Waals surface area contributed by atoms with Gasteiger partial charge in [-0.25, -0.2) is 14.0 Å². The lowest BCUT2D eigenvalue weighted by molar-refractivity contribution is -0.128. The zero-order chi connectivity index (χ0) is 24.6. The number of ether oxygens (including phenoxy) is 1. The molecule has 0 spiro atoms. The molecule has 33 heavy (non-hydrogen) atoms. The van der Waals surface area contributed by atoms with Crippen LogP contribution in [0.15, 0.2) is 53.4 Å². The number of imide groups is 1. The van der Waals surface area contributed by atoms with E-state index in [1.165, 1.54) is 37.3 Å². The van der Waals surface area contributed by atoms with Gasteiger partial charge in [-0.15, -0.1) is 11.8 Å². The van der Waals surface area contributed by atoms with Crippen LogP contribution in [0.4, 0.5) is 14.9 Å². The molecule has 0 heterocycles. The first kappa shape index (κ1) is 25.9. The zero-order valence-electron chi connectivity index (χ0n) is 18.7. The van der Waals surface area contributed by atoms with Crippen molar-refractivity contribution in [3.63, 3.8) is 0 Å². The molecule has 0 aliphatic carbocycles. The Balaban J connectivity index is 1.94. The summed E-state index contributed by atoms with van der Waals surface area (Å²) in [6, 6.07) is 11.1. The number of hydrogen-bond acceptors (Lipinski definition) is 6. The minimum atomic E-state index is -1.22. The Bertz CT molecular complexity index is 1020. The Kier molecular flexibility index (Phi) is 8.98. The molecule has 10 heteroatoms. The van der Waals surface area contributed by atoms with Crippen LogP contribution in [0.25, 0.3) is 0 Å². The standard InChI is InChI=1S/C23H26FN3O5S/c1-14(20(29)26-22(31)27-23(2,3)4)32-21(30)17-7-5-6-8-18(17)33-13-19(28)25-16-11-9-15(24)10-12-16/h5-12,14H,13H2,1-4H3,(H,25,28)(H2,26,27,29,31). The number of rotatable bonds is 7. The molecule has 0 aromatic heterocycles. The van der Waals surface area contributed by atoms with Gasteiger partial charge in [0.1, 0.15) is 5.82 Å². The van der Waals surface area contributed by atoms with E-state index >= 15 is 0 Å². The second-order valence-electron chi connectivity index (χ2n) is 8.08. The van der Waals surface area contributed by atoms with Crippen molar-refractivity contribution in [1.29, 1.82) is 0 Å². The maximum atomic E-state index is 13.0. The van der Waals surface area contributed by atoms with Gasteiger partial charge in [0.05, 0.1) is 11.3 Å². The second kappa shape index (κ2) is 11.5. The predicted octanol–water partition coefficient (Wildman–Crippen LogP) is 3.73. The number of thioether (sulfide) groups is 1. The third-order valence-corrected chi connectivity index (χ3v) is 5.05. The average molecular weight is 476 g/mol. The Hall–Kier alpha value is -3.40. The van der Waals surface area contributed by atoms with Crippen LogP contribution in [0, 0.1) is 5.82 Å². The number of anilines is 1. The molecule has 1 atom stereocenters. The smallest absolute Gasteiger partial charge is 0.340 e. The van der Waals surface area contributed by atoms with E-state index in [4.69, 9.17) is 4.74 Å². The Morgan fingerprint density at radius 3 is 2.30 bits per heavy atom. The molecule has 2 aromatic carbocycles. The highest BCUT2D eigenvalue weighted by atomic mass is 32.2. The average Bonchev–Trinajstić information content (AvgIpc) is 2.72. The topological polar surface area (TPSA) is 114 Å². The van der Waals surface area contributed by atoms with Crippen LogP contribution in [0.1, 0.15) is 38.1 Å². The zero-order valence-corrected chi connectivity index (χ0v) is 19.5. The molecule has 0 radical (unpaired) electrons. The number of urea groups is 1. The number of carbonyl (C=O) groups excluding carboxylic acids is 4. The van der Waals surface area contributed by atoms with Gasteiger partial charge in [-0.2, -0.15) is 0 Å². The van der Waals surface area contributed by atoms with Crippen LogP contribution >= 0.6 is 11.8 Å². The van der Waals surface area contributed by atoms with E-state index in [-0.39, 0.29) is 17.2 Å². The highest BCUT2D eigenvalue weighted by molar-refractivity contribution is 8.00. The first-order valence-corrected chi connectivity index (χ1v) is 11.0. The van der Waals surface area contributed by atoms with Gasteiger partial charge in [0, 0.05) is 16.1 Å². The molecule has 3 N–H and O–H groups in total. The summed E-state index contributed by atoms with van der Waals surface area (Å²) in [5, 5.41) is 7.34. The summed E-state index contributed by atoms with van der Waals surface area (Å²) in [6.07, 6.45) is -1.22. The third-order valence-electron chi connectivity index (χ3n) is 3.97. The van der Waals surface area contributed by atoms with Gasteiger partial charge in [-0.05, 0) is 64.1 Å². The van der Waals surface area contributed by atoms with E-state index in [2.05, 4.69) is 16.0 Å². The van der Waals surface area contributed by atoms with E-state index in [0.717, 1.165) is 11.8 Å². The maximum Gasteiger partial charge on any atom is 0.340 e. The molecule has 176 valence electrons. The largest absolute Gasteiger partial charge is 0.449 e. The van der Waals surface area contributed by atoms with Gasteiger partial charge in [0.2, 0.25) is 5.91 Å². The molecular weight excluding hydrogens is 449 g/mol. The highest BCUT2D eigenvalue weighted by Gasteiger charge is 2.24. The summed E-state index contributed by atoms with van der Waals surface area (Å²) in [5.74, 6) is -2.30. The summed E-state index contributed by atoms with van der Waals surface area (Å²) >= 11 is 1.11. The number of halogens is 1. The van der Waals surface area contributed by atoms with Crippen LogP contribution in [0.5, 0.6) is 0 Å². The van der Waals surface area contributed by atoms with E-state index in [9.17, 15) is 23.6 Å². The molecule has 8 nitrogen and oxygen atoms in total. The van der Waals surface area contributed by atoms with E-state index in [0.29, 0.717) is 10.6 Å². The lowest BCUT2D eigenvalue weighted by Crippen LogP contribution is -2.50. The molecule has 2 rings (SSSR count). The van der Waals surface area contributed by atoms with Gasteiger partial charge < -0.3 is 15.4 Å². The van der Waals surface area contributed by atoms with E-state index < -0.39 is 35.4 Å². The summed E-state index contributed by atoms with van der Waals surface area (Å²) < 4.78 is 18.2. The third kappa shape index (κ3) is 8.93. The quantitative estimate of drug-likeness (QED) is 0.415. The van der Waals surface area contributed by atoms with E-state index in [1.54, 1.807) is 39.0 Å². The molecular formula is C23H26FN3O5S. The minimum Gasteiger partial charge on any atom is -0.449 e. The molecule has 0 aliphatic rings. The minimum absolute atomic E-state index is 0.00924. The van der Waals surface area contributed by atoms with Crippen LogP contribution in [-0.4, -0.2) is 41.2 Å². The monoisotopic (exact) mass is 475 g/mol. The molecule has 0 saturated heterocycles. The highest BCUT2D eigenvalue weighted by Crippen LogP contribution is 2.24. The summed E-state index contributed by atoms with van der Waals surface area (Å²) in [7, 11) is 0. The normalized spacial score (nSPS) is 11.8. The van der Waals surface area contributed by atoms with Crippen molar-refractivity contribution >= 4 is 41.3 Å². The predicted molar refractivity (Wildman–Crippen MR) is 124 cm³/mol. The number of nitrogens with one attached hydrogen (secondary N) is 3. The number of benzene rings is 2. The fourth-order valence-electron chi connectivity index (χ4n) is 2.50. The van der Waals surface area contributed by atoms with Gasteiger partial charge >= 0.3 is 12.0 Å². The number of hydrogen-bond donors (Lipinski definition) is 3. The van der Waals surface area contributed by atoms with Gasteiger partial charge in [-0.3, -0.25) is 14.9 Å². The fraction of sp³-hybridized carbons (Fsp3) is 0.304. The summed E-state index contributed by atoms with van der Waals surface area (Å²) in [4.78, 5) is 49.3. The maximum absolute atomic E-state index is 13.0. The fourth-order valence-corrected chi connectivity index (χ4v) is 3.34. The van der Waals surface area contributed by atoms with Crippen molar-refractivity contribution in [1.82, 2.24) is 10.6 Å². The van der Waals surface area contributed by atoms with Crippen molar-refractivity contribution in [2.24, 2.45) is 0 Å². The molecule has 0 saturated carbocycles. The van der Waals surface area contributed by atoms with Crippen LogP contribution in [-0.2, 0) is 14.3 Å². The first-order valence-electron chi connectivity index (χ1n) is 10.1. The number of amides is 4. The molecule has 2 aromatic rings. The van der Waals surface area contributed by atoms with Gasteiger partial charge in [0.15, 0.2) is 6.10 Å². The first-order chi connectivity index (χ1) is 15.4. The van der Waals surface area contributed by atoms with Crippen molar-refractivity contribution in [2.45, 2.75) is 44.2 Å². The molecule has 0 aliphatic heterocycles. The van der Waals surface area contributed by atoms with Crippen molar-refractivity contribution < 1.29 is 28.3 Å². The van der Waals surface area contributed by atoms with Gasteiger partial charge in [0.25, 0.3) is 5.91 Å². The van der Waals surface area contributed by atoms with Crippen LogP contribution < -0.4 is 16.0 Å². The number of esters is 1. The molecule has 0 bridgehead atoms. The SMILES string of the molecule is CC(OC(=O)c1ccccc1SCC(=O)Nc1ccc(F)cc1)C(=O)NC(=O)NC(C)(C)C. The lowest BCUT2D eigenvalue weighted by atomic mass is 10.1.